The smallest absolute Gasteiger partial charge is 0.406 e. The molecule has 0 spiro atoms. The third kappa shape index (κ3) is 6.20. The largest absolute Gasteiger partial charge is 0.573 e. The molecule has 0 amide bonds. The molecule has 2 N–H and O–H groups in total. The molecule has 6 heteroatoms. The standard InChI is InChI=1S/C13H18F3NOS/c1-3-9(2)19-8-12(17)10-5-4-6-11(7-10)18-13(14,15)16/h4-7,9,12H,3,8,17H2,1-2H3. The van der Waals surface area contributed by atoms with Crippen LogP contribution in [0.25, 0.3) is 0 Å². The molecule has 0 aliphatic carbocycles. The molecule has 0 aliphatic heterocycles. The van der Waals surface area contributed by atoms with Crippen LogP contribution in [0, 0.1) is 0 Å². The average molecular weight is 293 g/mol. The Bertz CT molecular complexity index is 398. The van der Waals surface area contributed by atoms with Gasteiger partial charge in [-0.1, -0.05) is 26.0 Å². The van der Waals surface area contributed by atoms with Gasteiger partial charge in [0.25, 0.3) is 0 Å². The van der Waals surface area contributed by atoms with Crippen molar-refractivity contribution >= 4 is 11.8 Å². The zero-order valence-corrected chi connectivity index (χ0v) is 11.7. The van der Waals surface area contributed by atoms with Crippen molar-refractivity contribution in [3.05, 3.63) is 29.8 Å². The molecule has 1 rings (SSSR count). The highest BCUT2D eigenvalue weighted by molar-refractivity contribution is 7.99. The van der Waals surface area contributed by atoms with Crippen molar-refractivity contribution < 1.29 is 17.9 Å². The van der Waals surface area contributed by atoms with Crippen molar-refractivity contribution in [2.45, 2.75) is 37.9 Å². The maximum Gasteiger partial charge on any atom is 0.573 e. The molecule has 0 fully saturated rings. The first kappa shape index (κ1) is 16.2. The van der Waals surface area contributed by atoms with E-state index in [0.717, 1.165) is 6.42 Å². The fourth-order valence-electron chi connectivity index (χ4n) is 1.42. The minimum atomic E-state index is -4.67. The molecule has 0 saturated carbocycles. The zero-order valence-electron chi connectivity index (χ0n) is 10.9. The van der Waals surface area contributed by atoms with Crippen LogP contribution in [-0.2, 0) is 0 Å². The lowest BCUT2D eigenvalue weighted by atomic mass is 10.1. The Morgan fingerprint density at radius 1 is 1.37 bits per heavy atom. The summed E-state index contributed by atoms with van der Waals surface area (Å²) in [5.41, 5.74) is 6.62. The minimum Gasteiger partial charge on any atom is -0.406 e. The van der Waals surface area contributed by atoms with E-state index in [4.69, 9.17) is 5.73 Å². The van der Waals surface area contributed by atoms with Gasteiger partial charge in [0, 0.05) is 17.0 Å². The van der Waals surface area contributed by atoms with Crippen LogP contribution < -0.4 is 10.5 Å². The third-order valence-electron chi connectivity index (χ3n) is 2.66. The molecule has 2 unspecified atom stereocenters. The Hall–Kier alpha value is -0.880. The monoisotopic (exact) mass is 293 g/mol. The van der Waals surface area contributed by atoms with E-state index < -0.39 is 6.36 Å². The van der Waals surface area contributed by atoms with Crippen LogP contribution in [-0.4, -0.2) is 17.4 Å². The second kappa shape index (κ2) is 7.05. The number of alkyl halides is 3. The van der Waals surface area contributed by atoms with Crippen molar-refractivity contribution in [2.24, 2.45) is 5.73 Å². The topological polar surface area (TPSA) is 35.2 Å². The summed E-state index contributed by atoms with van der Waals surface area (Å²) in [5.74, 6) is 0.443. The molecule has 0 saturated heterocycles. The molecule has 1 aromatic carbocycles. The SMILES string of the molecule is CCC(C)SCC(N)c1cccc(OC(F)(F)F)c1. The van der Waals surface area contributed by atoms with E-state index in [1.807, 2.05) is 0 Å². The van der Waals surface area contributed by atoms with Crippen molar-refractivity contribution in [2.75, 3.05) is 5.75 Å². The molecule has 0 aromatic heterocycles. The number of benzene rings is 1. The molecule has 2 atom stereocenters. The first-order valence-corrected chi connectivity index (χ1v) is 7.09. The number of rotatable bonds is 6. The van der Waals surface area contributed by atoms with Gasteiger partial charge in [-0.15, -0.1) is 13.2 Å². The van der Waals surface area contributed by atoms with E-state index in [1.165, 1.54) is 18.2 Å². The Balaban J connectivity index is 2.65. The molecule has 0 bridgehead atoms. The fourth-order valence-corrected chi connectivity index (χ4v) is 2.39. The van der Waals surface area contributed by atoms with E-state index >= 15 is 0 Å². The molecule has 108 valence electrons. The Morgan fingerprint density at radius 3 is 2.63 bits per heavy atom. The second-order valence-electron chi connectivity index (χ2n) is 4.28. The van der Waals surface area contributed by atoms with Gasteiger partial charge in [0.2, 0.25) is 0 Å². The van der Waals surface area contributed by atoms with Crippen LogP contribution in [0.1, 0.15) is 31.9 Å². The van der Waals surface area contributed by atoms with Crippen molar-refractivity contribution in [1.82, 2.24) is 0 Å². The third-order valence-corrected chi connectivity index (χ3v) is 4.11. The van der Waals surface area contributed by atoms with Crippen molar-refractivity contribution in [1.29, 1.82) is 0 Å². The molecular weight excluding hydrogens is 275 g/mol. The van der Waals surface area contributed by atoms with E-state index in [9.17, 15) is 13.2 Å². The summed E-state index contributed by atoms with van der Waals surface area (Å²) in [6.07, 6.45) is -3.64. The minimum absolute atomic E-state index is 0.228. The van der Waals surface area contributed by atoms with E-state index in [1.54, 1.807) is 17.8 Å². The predicted molar refractivity (Wildman–Crippen MR) is 72.3 cm³/mol. The summed E-state index contributed by atoms with van der Waals surface area (Å²) >= 11 is 1.71. The molecule has 1 aromatic rings. The van der Waals surface area contributed by atoms with Gasteiger partial charge in [0.05, 0.1) is 0 Å². The van der Waals surface area contributed by atoms with Gasteiger partial charge in [-0.2, -0.15) is 11.8 Å². The Kier molecular flexibility index (Phi) is 6.00. The number of halogens is 3. The van der Waals surface area contributed by atoms with Gasteiger partial charge >= 0.3 is 6.36 Å². The lowest BCUT2D eigenvalue weighted by Gasteiger charge is -2.16. The first-order valence-electron chi connectivity index (χ1n) is 6.04. The van der Waals surface area contributed by atoms with Gasteiger partial charge in [0.1, 0.15) is 5.75 Å². The van der Waals surface area contributed by atoms with E-state index in [-0.39, 0.29) is 11.8 Å². The summed E-state index contributed by atoms with van der Waals surface area (Å²) in [6, 6.07) is 5.55. The average Bonchev–Trinajstić information content (AvgIpc) is 2.33. The van der Waals surface area contributed by atoms with E-state index in [0.29, 0.717) is 16.6 Å². The van der Waals surface area contributed by atoms with Crippen LogP contribution in [0.2, 0.25) is 0 Å². The van der Waals surface area contributed by atoms with Crippen molar-refractivity contribution in [3.63, 3.8) is 0 Å². The predicted octanol–water partition coefficient (Wildman–Crippen LogP) is 4.12. The highest BCUT2D eigenvalue weighted by Crippen LogP contribution is 2.27. The Labute approximate surface area is 115 Å². The summed E-state index contributed by atoms with van der Waals surface area (Å²) in [4.78, 5) is 0. The van der Waals surface area contributed by atoms with Crippen LogP contribution in [0.5, 0.6) is 5.75 Å². The summed E-state index contributed by atoms with van der Waals surface area (Å²) < 4.78 is 40.2. The molecule has 0 heterocycles. The normalized spacial score (nSPS) is 15.1. The second-order valence-corrected chi connectivity index (χ2v) is 5.75. The van der Waals surface area contributed by atoms with Crippen LogP contribution in [0.15, 0.2) is 24.3 Å². The molecule has 0 aliphatic rings. The lowest BCUT2D eigenvalue weighted by Crippen LogP contribution is -2.18. The molecule has 2 nitrogen and oxygen atoms in total. The maximum absolute atomic E-state index is 12.1. The highest BCUT2D eigenvalue weighted by Gasteiger charge is 2.31. The number of nitrogens with two attached hydrogens (primary N) is 1. The number of thioether (sulfide) groups is 1. The van der Waals surface area contributed by atoms with Gasteiger partial charge in [-0.05, 0) is 24.1 Å². The fraction of sp³-hybridized carbons (Fsp3) is 0.538. The van der Waals surface area contributed by atoms with Crippen LogP contribution in [0.4, 0.5) is 13.2 Å². The van der Waals surface area contributed by atoms with Crippen molar-refractivity contribution in [3.8, 4) is 5.75 Å². The first-order chi connectivity index (χ1) is 8.81. The maximum atomic E-state index is 12.1. The van der Waals surface area contributed by atoms with Gasteiger partial charge in [-0.3, -0.25) is 0 Å². The summed E-state index contributed by atoms with van der Waals surface area (Å²) in [7, 11) is 0. The summed E-state index contributed by atoms with van der Waals surface area (Å²) in [5, 5.41) is 0.487. The van der Waals surface area contributed by atoms with Gasteiger partial charge < -0.3 is 10.5 Å². The summed E-state index contributed by atoms with van der Waals surface area (Å²) in [6.45, 7) is 4.18. The van der Waals surface area contributed by atoms with Crippen LogP contribution >= 0.6 is 11.8 Å². The van der Waals surface area contributed by atoms with E-state index in [2.05, 4.69) is 18.6 Å². The zero-order chi connectivity index (χ0) is 14.5. The molecule has 0 radical (unpaired) electrons. The van der Waals surface area contributed by atoms with Gasteiger partial charge in [-0.25, -0.2) is 0 Å². The Morgan fingerprint density at radius 2 is 2.05 bits per heavy atom. The number of hydrogen-bond acceptors (Lipinski definition) is 3. The van der Waals surface area contributed by atoms with Gasteiger partial charge in [0.15, 0.2) is 0 Å². The lowest BCUT2D eigenvalue weighted by molar-refractivity contribution is -0.274. The molecule has 19 heavy (non-hydrogen) atoms. The number of hydrogen-bond donors (Lipinski definition) is 1. The highest BCUT2D eigenvalue weighted by atomic mass is 32.2. The quantitative estimate of drug-likeness (QED) is 0.857. The number of ether oxygens (including phenoxy) is 1. The molecular formula is C13H18F3NOS. The van der Waals surface area contributed by atoms with Crippen LogP contribution in [0.3, 0.4) is 0 Å².